The molecule has 0 atom stereocenters. The van der Waals surface area contributed by atoms with Crippen LogP contribution >= 0.6 is 31.9 Å². The van der Waals surface area contributed by atoms with Crippen molar-refractivity contribution in [2.75, 3.05) is 52.4 Å². The van der Waals surface area contributed by atoms with Crippen LogP contribution in [-0.2, 0) is 28.4 Å². The van der Waals surface area contributed by atoms with E-state index in [2.05, 4.69) is 42.1 Å². The van der Waals surface area contributed by atoms with Crippen LogP contribution in [0.5, 0.6) is 0 Å². The molecule has 2 aliphatic heterocycles. The Morgan fingerprint density at radius 3 is 1.53 bits per heavy atom. The van der Waals surface area contributed by atoms with Gasteiger partial charge in [0.2, 0.25) is 0 Å². The summed E-state index contributed by atoms with van der Waals surface area (Å²) >= 11 is 6.09. The first-order valence-corrected chi connectivity index (χ1v) is 17.5. The number of aldehydes is 1. The molecule has 2 aromatic carbocycles. The molecule has 286 valence electrons. The maximum atomic E-state index is 12.7. The van der Waals surface area contributed by atoms with Crippen LogP contribution in [0.1, 0.15) is 68.6 Å². The zero-order valence-corrected chi connectivity index (χ0v) is 32.5. The normalized spacial score (nSPS) is 15.9. The van der Waals surface area contributed by atoms with Gasteiger partial charge in [-0.15, -0.1) is 0 Å². The Morgan fingerprint density at radius 2 is 1.14 bits per heavy atom. The predicted molar refractivity (Wildman–Crippen MR) is 187 cm³/mol. The second-order valence-corrected chi connectivity index (χ2v) is 15.3. The number of amides is 2. The fourth-order valence-electron chi connectivity index (χ4n) is 4.48. The van der Waals surface area contributed by atoms with E-state index in [0.29, 0.717) is 43.5 Å². The molecule has 2 amide bonds. The standard InChI is InChI=1S/C17H22BrF3N2O2.C9H18N2O2.C8H4BrF3O/c1-16(2,3)25-15(24)23-8-6-22(7-9-23)11-12-4-5-13(10-14(12)18)17(19,20)21;1-9(2,3)13-8(12)11-6-4-10-5-7-11;9-7-3-6(8(10,11)12)2-1-5(7)4-13/h4-5,10H,6-9,11H2,1-3H3;10H,4-7H2,1-3H3;1-4H. The lowest BCUT2D eigenvalue weighted by Gasteiger charge is -2.35. The summed E-state index contributed by atoms with van der Waals surface area (Å²) in [6, 6.07) is 6.56. The number of ether oxygens (including phenoxy) is 2. The average Bonchev–Trinajstić information content (AvgIpc) is 3.01. The van der Waals surface area contributed by atoms with Crippen molar-refractivity contribution in [2.24, 2.45) is 0 Å². The largest absolute Gasteiger partial charge is 0.444 e. The van der Waals surface area contributed by atoms with E-state index in [1.807, 2.05) is 41.5 Å². The van der Waals surface area contributed by atoms with Crippen molar-refractivity contribution in [3.8, 4) is 0 Å². The quantitative estimate of drug-likeness (QED) is 0.244. The Bertz CT molecular complexity index is 1470. The van der Waals surface area contributed by atoms with E-state index >= 15 is 0 Å². The van der Waals surface area contributed by atoms with Gasteiger partial charge in [-0.3, -0.25) is 9.69 Å². The lowest BCUT2D eigenvalue weighted by molar-refractivity contribution is -0.138. The summed E-state index contributed by atoms with van der Waals surface area (Å²) in [6.07, 6.45) is -8.76. The number of rotatable bonds is 3. The molecule has 0 aliphatic carbocycles. The summed E-state index contributed by atoms with van der Waals surface area (Å²) in [5.41, 5.74) is -1.36. The molecular weight excluding hydrogens is 818 g/mol. The average molecular weight is 863 g/mol. The number of nitrogens with one attached hydrogen (secondary N) is 1. The van der Waals surface area contributed by atoms with E-state index < -0.39 is 29.1 Å². The van der Waals surface area contributed by atoms with Crippen molar-refractivity contribution >= 4 is 50.3 Å². The maximum absolute atomic E-state index is 12.7. The third kappa shape index (κ3) is 16.1. The highest BCUT2D eigenvalue weighted by Gasteiger charge is 2.32. The van der Waals surface area contributed by atoms with Crippen LogP contribution in [0, 0.1) is 0 Å². The molecule has 1 N–H and O–H groups in total. The Morgan fingerprint density at radius 1 is 0.706 bits per heavy atom. The molecule has 2 aromatic rings. The zero-order valence-electron chi connectivity index (χ0n) is 29.3. The highest BCUT2D eigenvalue weighted by atomic mass is 79.9. The van der Waals surface area contributed by atoms with Gasteiger partial charge >= 0.3 is 24.5 Å². The fourth-order valence-corrected chi connectivity index (χ4v) is 5.46. The zero-order chi connectivity index (χ0) is 38.8. The minimum atomic E-state index is -4.37. The monoisotopic (exact) mass is 860 g/mol. The molecule has 0 unspecified atom stereocenters. The number of hydrogen-bond donors (Lipinski definition) is 1. The lowest BCUT2D eigenvalue weighted by Crippen LogP contribution is -2.49. The van der Waals surface area contributed by atoms with Gasteiger partial charge in [-0.1, -0.05) is 37.9 Å². The van der Waals surface area contributed by atoms with Crippen molar-refractivity contribution in [1.29, 1.82) is 0 Å². The highest BCUT2D eigenvalue weighted by molar-refractivity contribution is 9.10. The number of piperazine rings is 2. The van der Waals surface area contributed by atoms with Crippen LogP contribution < -0.4 is 5.32 Å². The molecule has 0 radical (unpaired) electrons. The number of carbonyl (C=O) groups is 3. The van der Waals surface area contributed by atoms with Crippen LogP contribution in [0.4, 0.5) is 35.9 Å². The van der Waals surface area contributed by atoms with Crippen molar-refractivity contribution in [2.45, 2.75) is 71.6 Å². The van der Waals surface area contributed by atoms with Crippen molar-refractivity contribution in [3.05, 3.63) is 67.6 Å². The highest BCUT2D eigenvalue weighted by Crippen LogP contribution is 2.33. The van der Waals surface area contributed by atoms with E-state index in [1.54, 1.807) is 9.80 Å². The van der Waals surface area contributed by atoms with Gasteiger partial charge in [0.1, 0.15) is 11.2 Å². The molecule has 0 saturated carbocycles. The van der Waals surface area contributed by atoms with Gasteiger partial charge in [0.15, 0.2) is 6.29 Å². The first kappa shape index (κ1) is 44.3. The minimum absolute atomic E-state index is 0.150. The van der Waals surface area contributed by atoms with Gasteiger partial charge in [0, 0.05) is 73.4 Å². The third-order valence-electron chi connectivity index (χ3n) is 7.02. The summed E-state index contributed by atoms with van der Waals surface area (Å²) in [5.74, 6) is 0. The molecule has 2 aliphatic rings. The molecule has 2 fully saturated rings. The topological polar surface area (TPSA) is 91.4 Å². The maximum Gasteiger partial charge on any atom is 0.416 e. The van der Waals surface area contributed by atoms with Crippen LogP contribution in [0.25, 0.3) is 0 Å². The summed E-state index contributed by atoms with van der Waals surface area (Å²) in [6.45, 7) is 17.2. The Kier molecular flexibility index (Phi) is 16.3. The van der Waals surface area contributed by atoms with Gasteiger partial charge in [-0.2, -0.15) is 26.3 Å². The van der Waals surface area contributed by atoms with Gasteiger partial charge < -0.3 is 24.6 Å². The van der Waals surface area contributed by atoms with E-state index in [0.717, 1.165) is 62.1 Å². The van der Waals surface area contributed by atoms with E-state index in [4.69, 9.17) is 9.47 Å². The molecule has 4 rings (SSSR count). The van der Waals surface area contributed by atoms with Crippen molar-refractivity contribution in [3.63, 3.8) is 0 Å². The molecule has 2 heterocycles. The molecule has 9 nitrogen and oxygen atoms in total. The third-order valence-corrected chi connectivity index (χ3v) is 8.45. The number of carbonyl (C=O) groups excluding carboxylic acids is 3. The second-order valence-electron chi connectivity index (χ2n) is 13.6. The Labute approximate surface area is 311 Å². The van der Waals surface area contributed by atoms with Crippen LogP contribution in [0.15, 0.2) is 45.3 Å². The molecular formula is C34H44Br2F6N4O5. The molecule has 0 aromatic heterocycles. The number of nitrogens with zero attached hydrogens (tertiary/aromatic N) is 3. The van der Waals surface area contributed by atoms with Crippen LogP contribution in [0.2, 0.25) is 0 Å². The Balaban J connectivity index is 0.000000292. The van der Waals surface area contributed by atoms with E-state index in [9.17, 15) is 40.7 Å². The first-order chi connectivity index (χ1) is 23.4. The number of alkyl halides is 6. The van der Waals surface area contributed by atoms with Crippen molar-refractivity contribution < 1.29 is 50.2 Å². The summed E-state index contributed by atoms with van der Waals surface area (Å²) in [5, 5.41) is 3.18. The van der Waals surface area contributed by atoms with Gasteiger partial charge in [0.05, 0.1) is 11.1 Å². The van der Waals surface area contributed by atoms with Gasteiger partial charge in [0.25, 0.3) is 0 Å². The Hall–Kier alpha value is -2.89. The summed E-state index contributed by atoms with van der Waals surface area (Å²) < 4.78 is 85.6. The summed E-state index contributed by atoms with van der Waals surface area (Å²) in [7, 11) is 0. The van der Waals surface area contributed by atoms with E-state index in [-0.39, 0.29) is 27.8 Å². The minimum Gasteiger partial charge on any atom is -0.444 e. The van der Waals surface area contributed by atoms with Gasteiger partial charge in [-0.25, -0.2) is 9.59 Å². The van der Waals surface area contributed by atoms with E-state index in [1.165, 1.54) is 6.07 Å². The molecule has 0 spiro atoms. The van der Waals surface area contributed by atoms with Gasteiger partial charge in [-0.05, 0) is 77.4 Å². The molecule has 51 heavy (non-hydrogen) atoms. The fraction of sp³-hybridized carbons (Fsp3) is 0.559. The number of halogens is 8. The summed E-state index contributed by atoms with van der Waals surface area (Å²) in [4.78, 5) is 39.3. The first-order valence-electron chi connectivity index (χ1n) is 16.0. The van der Waals surface area contributed by atoms with Crippen molar-refractivity contribution in [1.82, 2.24) is 20.0 Å². The molecule has 17 heteroatoms. The smallest absolute Gasteiger partial charge is 0.416 e. The predicted octanol–water partition coefficient (Wildman–Crippen LogP) is 8.63. The van der Waals surface area contributed by atoms with Crippen LogP contribution in [-0.4, -0.2) is 96.7 Å². The number of hydrogen-bond acceptors (Lipinski definition) is 7. The van der Waals surface area contributed by atoms with Crippen LogP contribution in [0.3, 0.4) is 0 Å². The molecule has 0 bridgehead atoms. The number of benzene rings is 2. The lowest BCUT2D eigenvalue weighted by atomic mass is 10.1. The second kappa shape index (κ2) is 18.7. The SMILES string of the molecule is CC(C)(C)OC(=O)N1CCN(Cc2ccc(C(F)(F)F)cc2Br)CC1.CC(C)(C)OC(=O)N1CCNCC1.O=Cc1ccc(C(F)(F)F)cc1Br. The molecule has 2 saturated heterocycles.